The van der Waals surface area contributed by atoms with Gasteiger partial charge in [-0.15, -0.1) is 0 Å². The minimum Gasteiger partial charge on any atom is -0.491 e. The molecular formula is C24H38N4O2. The third-order valence-electron chi connectivity index (χ3n) is 6.11. The number of aromatic nitrogens is 2. The van der Waals surface area contributed by atoms with Crippen molar-refractivity contribution in [1.29, 1.82) is 0 Å². The minimum atomic E-state index is -0.484. The molecule has 3 rings (SSSR count). The summed E-state index contributed by atoms with van der Waals surface area (Å²) in [5.41, 5.74) is 2.36. The summed E-state index contributed by atoms with van der Waals surface area (Å²) in [7, 11) is 4.07. The molecule has 0 aliphatic heterocycles. The van der Waals surface area contributed by atoms with E-state index in [-0.39, 0.29) is 0 Å². The van der Waals surface area contributed by atoms with Crippen molar-refractivity contribution in [2.45, 2.75) is 64.3 Å². The fourth-order valence-electron chi connectivity index (χ4n) is 4.35. The number of para-hydroxylation sites is 1. The maximum absolute atomic E-state index is 10.5. The first kappa shape index (κ1) is 22.8. The van der Waals surface area contributed by atoms with Crippen LogP contribution in [0.5, 0.6) is 5.75 Å². The van der Waals surface area contributed by atoms with Crippen LogP contribution in [0.15, 0.2) is 36.7 Å². The van der Waals surface area contributed by atoms with Crippen LogP contribution in [0.4, 0.5) is 0 Å². The van der Waals surface area contributed by atoms with Gasteiger partial charge in [-0.3, -0.25) is 9.58 Å². The summed E-state index contributed by atoms with van der Waals surface area (Å²) < 4.78 is 7.91. The molecule has 1 aliphatic carbocycles. The Balaban J connectivity index is 1.52. The van der Waals surface area contributed by atoms with Crippen LogP contribution in [0, 0.1) is 0 Å². The predicted molar refractivity (Wildman–Crippen MR) is 120 cm³/mol. The highest BCUT2D eigenvalue weighted by atomic mass is 16.5. The average molecular weight is 415 g/mol. The van der Waals surface area contributed by atoms with Crippen molar-refractivity contribution in [2.75, 3.05) is 26.7 Å². The average Bonchev–Trinajstić information content (AvgIpc) is 3.17. The van der Waals surface area contributed by atoms with Gasteiger partial charge in [0.1, 0.15) is 18.5 Å². The normalized spacial score (nSPS) is 16.3. The molecule has 30 heavy (non-hydrogen) atoms. The largest absolute Gasteiger partial charge is 0.491 e. The number of benzene rings is 1. The van der Waals surface area contributed by atoms with Gasteiger partial charge in [0.25, 0.3) is 0 Å². The molecule has 6 heteroatoms. The number of aryl methyl sites for hydroxylation is 1. The van der Waals surface area contributed by atoms with Crippen LogP contribution in [-0.2, 0) is 20.1 Å². The maximum Gasteiger partial charge on any atom is 0.123 e. The molecule has 1 unspecified atom stereocenters. The van der Waals surface area contributed by atoms with Gasteiger partial charge in [-0.25, -0.2) is 0 Å². The lowest BCUT2D eigenvalue weighted by Crippen LogP contribution is -2.40. The molecule has 0 spiro atoms. The van der Waals surface area contributed by atoms with E-state index < -0.39 is 6.10 Å². The van der Waals surface area contributed by atoms with Gasteiger partial charge in [0, 0.05) is 50.0 Å². The van der Waals surface area contributed by atoms with Crippen LogP contribution >= 0.6 is 0 Å². The van der Waals surface area contributed by atoms with E-state index in [1.807, 2.05) is 36.1 Å². The van der Waals surface area contributed by atoms with Crippen molar-refractivity contribution >= 4 is 0 Å². The molecule has 1 heterocycles. The van der Waals surface area contributed by atoms with E-state index in [0.29, 0.717) is 19.2 Å². The molecule has 1 aromatic heterocycles. The fraction of sp³-hybridized carbons (Fsp3) is 0.625. The zero-order chi connectivity index (χ0) is 21.3. The zero-order valence-electron chi connectivity index (χ0n) is 18.8. The lowest BCUT2D eigenvalue weighted by Gasteiger charge is -2.32. The molecule has 1 N–H and O–H groups in total. The van der Waals surface area contributed by atoms with Gasteiger partial charge in [-0.2, -0.15) is 5.10 Å². The van der Waals surface area contributed by atoms with E-state index in [0.717, 1.165) is 30.9 Å². The Hall–Kier alpha value is -1.89. The highest BCUT2D eigenvalue weighted by Gasteiger charge is 2.20. The summed E-state index contributed by atoms with van der Waals surface area (Å²) >= 11 is 0. The first-order valence-corrected chi connectivity index (χ1v) is 11.3. The molecule has 1 aromatic carbocycles. The van der Waals surface area contributed by atoms with Crippen LogP contribution in [0.25, 0.3) is 0 Å². The third kappa shape index (κ3) is 6.83. The Labute approximate surface area is 181 Å². The summed E-state index contributed by atoms with van der Waals surface area (Å²) in [5, 5.41) is 14.8. The molecule has 0 saturated heterocycles. The Kier molecular flexibility index (Phi) is 8.73. The SMILES string of the molecule is CCN(Cc1cnn(C)c1)Cc1ccccc1OCC(O)CN(C)C1CCCCC1. The third-order valence-corrected chi connectivity index (χ3v) is 6.11. The Morgan fingerprint density at radius 1 is 1.20 bits per heavy atom. The topological polar surface area (TPSA) is 53.8 Å². The summed E-state index contributed by atoms with van der Waals surface area (Å²) in [5.74, 6) is 0.863. The van der Waals surface area contributed by atoms with Crippen molar-refractivity contribution in [3.63, 3.8) is 0 Å². The second-order valence-electron chi connectivity index (χ2n) is 8.63. The standard InChI is InChI=1S/C24H38N4O2/c1-4-28(16-20-14-25-27(3)15-20)17-21-10-8-9-13-24(21)30-19-23(29)18-26(2)22-11-6-5-7-12-22/h8-10,13-15,22-23,29H,4-7,11-12,16-19H2,1-3H3. The summed E-state index contributed by atoms with van der Waals surface area (Å²) in [6.07, 6.45) is 9.95. The lowest BCUT2D eigenvalue weighted by atomic mass is 9.94. The Bertz CT molecular complexity index is 757. The van der Waals surface area contributed by atoms with E-state index in [1.54, 1.807) is 0 Å². The maximum atomic E-state index is 10.5. The highest BCUT2D eigenvalue weighted by Crippen LogP contribution is 2.23. The fourth-order valence-corrected chi connectivity index (χ4v) is 4.35. The second-order valence-corrected chi connectivity index (χ2v) is 8.63. The number of aliphatic hydroxyl groups is 1. The molecule has 1 atom stereocenters. The minimum absolute atomic E-state index is 0.322. The Morgan fingerprint density at radius 2 is 1.97 bits per heavy atom. The first-order valence-electron chi connectivity index (χ1n) is 11.3. The number of rotatable bonds is 11. The summed E-state index contributed by atoms with van der Waals surface area (Å²) in [6.45, 7) is 5.76. The van der Waals surface area contributed by atoms with Crippen molar-refractivity contribution in [3.05, 3.63) is 47.8 Å². The number of ether oxygens (including phenoxy) is 1. The monoisotopic (exact) mass is 414 g/mol. The Morgan fingerprint density at radius 3 is 2.67 bits per heavy atom. The summed E-state index contributed by atoms with van der Waals surface area (Å²) in [4.78, 5) is 4.68. The quantitative estimate of drug-likeness (QED) is 0.610. The molecule has 1 fully saturated rings. The molecule has 0 bridgehead atoms. The first-order chi connectivity index (χ1) is 14.5. The highest BCUT2D eigenvalue weighted by molar-refractivity contribution is 5.33. The van der Waals surface area contributed by atoms with Crippen molar-refractivity contribution in [3.8, 4) is 5.75 Å². The van der Waals surface area contributed by atoms with Gasteiger partial charge in [-0.1, -0.05) is 44.4 Å². The molecular weight excluding hydrogens is 376 g/mol. The summed E-state index contributed by atoms with van der Waals surface area (Å²) in [6, 6.07) is 8.77. The van der Waals surface area contributed by atoms with Gasteiger partial charge < -0.3 is 14.7 Å². The van der Waals surface area contributed by atoms with E-state index in [2.05, 4.69) is 41.1 Å². The van der Waals surface area contributed by atoms with Gasteiger partial charge in [-0.05, 0) is 32.5 Å². The number of likely N-dealkylation sites (N-methyl/N-ethyl adjacent to an activating group) is 1. The molecule has 2 aromatic rings. The smallest absolute Gasteiger partial charge is 0.123 e. The van der Waals surface area contributed by atoms with E-state index in [4.69, 9.17) is 4.74 Å². The molecule has 1 saturated carbocycles. The van der Waals surface area contributed by atoms with Crippen LogP contribution < -0.4 is 4.74 Å². The lowest BCUT2D eigenvalue weighted by molar-refractivity contribution is 0.0556. The molecule has 0 radical (unpaired) electrons. The molecule has 1 aliphatic rings. The van der Waals surface area contributed by atoms with Crippen LogP contribution in [-0.4, -0.2) is 63.6 Å². The number of hydrogen-bond donors (Lipinski definition) is 1. The predicted octanol–water partition coefficient (Wildman–Crippen LogP) is 3.45. The number of hydrogen-bond acceptors (Lipinski definition) is 5. The second kappa shape index (κ2) is 11.5. The number of aliphatic hydroxyl groups excluding tert-OH is 1. The van der Waals surface area contributed by atoms with E-state index in [9.17, 15) is 5.11 Å². The van der Waals surface area contributed by atoms with Crippen molar-refractivity contribution in [1.82, 2.24) is 19.6 Å². The van der Waals surface area contributed by atoms with E-state index in [1.165, 1.54) is 37.7 Å². The van der Waals surface area contributed by atoms with Gasteiger partial charge in [0.2, 0.25) is 0 Å². The van der Waals surface area contributed by atoms with Crippen LogP contribution in [0.2, 0.25) is 0 Å². The molecule has 6 nitrogen and oxygen atoms in total. The van der Waals surface area contributed by atoms with Crippen molar-refractivity contribution < 1.29 is 9.84 Å². The van der Waals surface area contributed by atoms with Gasteiger partial charge in [0.15, 0.2) is 0 Å². The van der Waals surface area contributed by atoms with Gasteiger partial charge in [0.05, 0.1) is 6.20 Å². The molecule has 166 valence electrons. The van der Waals surface area contributed by atoms with Gasteiger partial charge >= 0.3 is 0 Å². The van der Waals surface area contributed by atoms with Crippen LogP contribution in [0.3, 0.4) is 0 Å². The van der Waals surface area contributed by atoms with Crippen molar-refractivity contribution in [2.24, 2.45) is 7.05 Å². The zero-order valence-corrected chi connectivity index (χ0v) is 18.8. The molecule has 0 amide bonds. The number of nitrogens with zero attached hydrogens (tertiary/aromatic N) is 4. The van der Waals surface area contributed by atoms with Crippen LogP contribution in [0.1, 0.15) is 50.2 Å². The van der Waals surface area contributed by atoms with E-state index >= 15 is 0 Å².